The van der Waals surface area contributed by atoms with Crippen LogP contribution in [0.3, 0.4) is 0 Å². The zero-order valence-electron chi connectivity index (χ0n) is 9.16. The summed E-state index contributed by atoms with van der Waals surface area (Å²) in [6, 6.07) is 0. The molecule has 0 radical (unpaired) electrons. The number of aliphatic hydroxyl groups excluding tert-OH is 1. The lowest BCUT2D eigenvalue weighted by atomic mass is 9.85. The van der Waals surface area contributed by atoms with Crippen molar-refractivity contribution in [2.24, 2.45) is 17.8 Å². The molecule has 3 unspecified atom stereocenters. The van der Waals surface area contributed by atoms with E-state index in [1.165, 1.54) is 19.3 Å². The topological polar surface area (TPSA) is 20.2 Å². The van der Waals surface area contributed by atoms with Crippen LogP contribution in [-0.4, -0.2) is 11.7 Å². The molecule has 0 aliphatic heterocycles. The molecule has 0 aromatic rings. The van der Waals surface area contributed by atoms with Gasteiger partial charge in [-0.15, -0.1) is 0 Å². The van der Waals surface area contributed by atoms with E-state index in [1.54, 1.807) is 5.57 Å². The molecule has 78 valence electrons. The fourth-order valence-electron chi connectivity index (χ4n) is 3.14. The lowest BCUT2D eigenvalue weighted by Crippen LogP contribution is -2.10. The van der Waals surface area contributed by atoms with Gasteiger partial charge in [0.1, 0.15) is 0 Å². The first kappa shape index (κ1) is 9.97. The summed E-state index contributed by atoms with van der Waals surface area (Å²) < 4.78 is 0. The quantitative estimate of drug-likeness (QED) is 0.667. The molecule has 2 fully saturated rings. The molecule has 0 amide bonds. The summed E-state index contributed by atoms with van der Waals surface area (Å²) in [5, 5.41) is 8.98. The van der Waals surface area contributed by atoms with Gasteiger partial charge in [0.05, 0.1) is 6.61 Å². The van der Waals surface area contributed by atoms with Crippen LogP contribution in [-0.2, 0) is 0 Å². The van der Waals surface area contributed by atoms with E-state index in [9.17, 15) is 0 Å². The standard InChI is InChI=1S/C13H20O/c1-3-10-5-13-7-12(10)6-11(13)4-9(2)8-14/h3-4,11-14H,5-8H2,1-2H3. The van der Waals surface area contributed by atoms with Crippen molar-refractivity contribution in [3.63, 3.8) is 0 Å². The Morgan fingerprint density at radius 3 is 2.79 bits per heavy atom. The van der Waals surface area contributed by atoms with E-state index in [-0.39, 0.29) is 6.61 Å². The normalized spacial score (nSPS) is 39.8. The van der Waals surface area contributed by atoms with Crippen molar-refractivity contribution in [1.82, 2.24) is 0 Å². The van der Waals surface area contributed by atoms with Crippen LogP contribution in [0.4, 0.5) is 0 Å². The Balaban J connectivity index is 2.03. The first-order valence-electron chi connectivity index (χ1n) is 5.67. The third-order valence-electron chi connectivity index (χ3n) is 3.89. The largest absolute Gasteiger partial charge is 0.392 e. The van der Waals surface area contributed by atoms with Gasteiger partial charge >= 0.3 is 0 Å². The molecule has 0 saturated heterocycles. The first-order valence-corrected chi connectivity index (χ1v) is 5.67. The second-order valence-corrected chi connectivity index (χ2v) is 4.83. The Hall–Kier alpha value is -0.560. The van der Waals surface area contributed by atoms with Gasteiger partial charge in [0.2, 0.25) is 0 Å². The van der Waals surface area contributed by atoms with E-state index in [2.05, 4.69) is 19.1 Å². The van der Waals surface area contributed by atoms with Crippen LogP contribution in [0.2, 0.25) is 0 Å². The Labute approximate surface area is 86.5 Å². The fraction of sp³-hybridized carbons (Fsp3) is 0.692. The van der Waals surface area contributed by atoms with E-state index >= 15 is 0 Å². The molecule has 0 spiro atoms. The summed E-state index contributed by atoms with van der Waals surface area (Å²) in [6.45, 7) is 4.42. The lowest BCUT2D eigenvalue weighted by molar-refractivity contribution is 0.328. The van der Waals surface area contributed by atoms with Gasteiger partial charge in [-0.1, -0.05) is 23.3 Å². The SMILES string of the molecule is CC=C1CC2CC1CC2C=C(C)CO. The smallest absolute Gasteiger partial charge is 0.0639 e. The average Bonchev–Trinajstić information content (AvgIpc) is 2.75. The van der Waals surface area contributed by atoms with Crippen LogP contribution in [0, 0.1) is 17.8 Å². The van der Waals surface area contributed by atoms with Crippen molar-refractivity contribution < 1.29 is 5.11 Å². The van der Waals surface area contributed by atoms with Crippen molar-refractivity contribution in [3.05, 3.63) is 23.3 Å². The first-order chi connectivity index (χ1) is 6.74. The van der Waals surface area contributed by atoms with E-state index < -0.39 is 0 Å². The Morgan fingerprint density at radius 2 is 2.29 bits per heavy atom. The molecule has 1 nitrogen and oxygen atoms in total. The molecular formula is C13H20O. The third-order valence-corrected chi connectivity index (χ3v) is 3.89. The maximum atomic E-state index is 8.98. The number of hydrogen-bond donors (Lipinski definition) is 1. The predicted octanol–water partition coefficient (Wildman–Crippen LogP) is 2.92. The molecule has 14 heavy (non-hydrogen) atoms. The van der Waals surface area contributed by atoms with Gasteiger partial charge in [-0.25, -0.2) is 0 Å². The second kappa shape index (κ2) is 3.90. The molecule has 0 heterocycles. The van der Waals surface area contributed by atoms with Crippen molar-refractivity contribution in [2.75, 3.05) is 6.61 Å². The van der Waals surface area contributed by atoms with Gasteiger partial charge in [-0.3, -0.25) is 0 Å². The third kappa shape index (κ3) is 1.66. The molecule has 0 aromatic heterocycles. The van der Waals surface area contributed by atoms with Crippen molar-refractivity contribution in [3.8, 4) is 0 Å². The second-order valence-electron chi connectivity index (χ2n) is 4.83. The molecule has 3 atom stereocenters. The summed E-state index contributed by atoms with van der Waals surface area (Å²) in [5.74, 6) is 2.47. The molecule has 1 N–H and O–H groups in total. The Bertz CT molecular complexity index is 275. The highest BCUT2D eigenvalue weighted by Crippen LogP contribution is 2.52. The van der Waals surface area contributed by atoms with Gasteiger partial charge in [-0.2, -0.15) is 0 Å². The highest BCUT2D eigenvalue weighted by molar-refractivity contribution is 5.21. The lowest BCUT2D eigenvalue weighted by Gasteiger charge is -2.21. The molecule has 2 aliphatic carbocycles. The molecule has 2 aliphatic rings. The zero-order chi connectivity index (χ0) is 10.1. The monoisotopic (exact) mass is 192 g/mol. The average molecular weight is 192 g/mol. The molecule has 2 saturated carbocycles. The fourth-order valence-corrected chi connectivity index (χ4v) is 3.14. The number of hydrogen-bond acceptors (Lipinski definition) is 1. The van der Waals surface area contributed by atoms with Crippen molar-refractivity contribution in [2.45, 2.75) is 33.1 Å². The van der Waals surface area contributed by atoms with Crippen molar-refractivity contribution in [1.29, 1.82) is 0 Å². The molecular weight excluding hydrogens is 172 g/mol. The van der Waals surface area contributed by atoms with Gasteiger partial charge in [-0.05, 0) is 50.9 Å². The number of aliphatic hydroxyl groups is 1. The molecule has 0 aromatic carbocycles. The minimum atomic E-state index is 0.227. The van der Waals surface area contributed by atoms with Gasteiger partial charge < -0.3 is 5.11 Å². The number of allylic oxidation sites excluding steroid dienone is 3. The van der Waals surface area contributed by atoms with Gasteiger partial charge in [0.25, 0.3) is 0 Å². The van der Waals surface area contributed by atoms with Crippen LogP contribution >= 0.6 is 0 Å². The zero-order valence-corrected chi connectivity index (χ0v) is 9.16. The summed E-state index contributed by atoms with van der Waals surface area (Å²) in [5.41, 5.74) is 2.82. The van der Waals surface area contributed by atoms with Gasteiger partial charge in [0, 0.05) is 0 Å². The van der Waals surface area contributed by atoms with Crippen LogP contribution in [0.25, 0.3) is 0 Å². The van der Waals surface area contributed by atoms with Crippen LogP contribution in [0.1, 0.15) is 33.1 Å². The minimum Gasteiger partial charge on any atom is -0.392 e. The summed E-state index contributed by atoms with van der Waals surface area (Å²) in [4.78, 5) is 0. The summed E-state index contributed by atoms with van der Waals surface area (Å²) in [6.07, 6.45) is 8.63. The van der Waals surface area contributed by atoms with E-state index in [0.29, 0.717) is 0 Å². The molecule has 1 heteroatoms. The summed E-state index contributed by atoms with van der Waals surface area (Å²) >= 11 is 0. The highest BCUT2D eigenvalue weighted by atomic mass is 16.3. The van der Waals surface area contributed by atoms with E-state index in [1.807, 2.05) is 6.92 Å². The number of rotatable bonds is 2. The maximum Gasteiger partial charge on any atom is 0.0639 e. The van der Waals surface area contributed by atoms with E-state index in [4.69, 9.17) is 5.11 Å². The molecule has 2 bridgehead atoms. The minimum absolute atomic E-state index is 0.227. The highest BCUT2D eigenvalue weighted by Gasteiger charge is 2.40. The predicted molar refractivity (Wildman–Crippen MR) is 58.9 cm³/mol. The van der Waals surface area contributed by atoms with Crippen LogP contribution in [0.5, 0.6) is 0 Å². The van der Waals surface area contributed by atoms with Gasteiger partial charge in [0.15, 0.2) is 0 Å². The van der Waals surface area contributed by atoms with E-state index in [0.717, 1.165) is 23.3 Å². The number of fused-ring (bicyclic) bond motifs is 2. The summed E-state index contributed by atoms with van der Waals surface area (Å²) in [7, 11) is 0. The van der Waals surface area contributed by atoms with Crippen LogP contribution in [0.15, 0.2) is 23.3 Å². The molecule has 2 rings (SSSR count). The maximum absolute atomic E-state index is 8.98. The Morgan fingerprint density at radius 1 is 1.50 bits per heavy atom. The Kier molecular flexibility index (Phi) is 2.78. The van der Waals surface area contributed by atoms with Crippen molar-refractivity contribution >= 4 is 0 Å². The van der Waals surface area contributed by atoms with Crippen LogP contribution < -0.4 is 0 Å².